The molecule has 0 saturated heterocycles. The van der Waals surface area contributed by atoms with Crippen LogP contribution >= 0.6 is 0 Å². The Kier molecular flexibility index (Phi) is 13.6. The molecule has 31 heavy (non-hydrogen) atoms. The Bertz CT molecular complexity index is 653. The smallest absolute Gasteiger partial charge is 0.333 e. The van der Waals surface area contributed by atoms with Crippen LogP contribution in [0.5, 0.6) is 0 Å². The van der Waals surface area contributed by atoms with E-state index in [0.29, 0.717) is 18.4 Å². The number of hydrogen-bond donors (Lipinski definition) is 0. The minimum Gasteiger partial charge on any atom is -0.466 e. The first-order valence-electron chi connectivity index (χ1n) is 11.2. The predicted octanol–water partition coefficient (Wildman–Crippen LogP) is 6.51. The molecule has 0 N–H and O–H groups in total. The van der Waals surface area contributed by atoms with Gasteiger partial charge in [-0.25, -0.2) is 9.59 Å². The van der Waals surface area contributed by atoms with Gasteiger partial charge in [0.1, 0.15) is 0 Å². The molecule has 0 fully saturated rings. The molecule has 0 bridgehead atoms. The Morgan fingerprint density at radius 3 is 2.03 bits per heavy atom. The standard InChI is InChI=1S/C25H44O5Si/c1-20(14-12-16-21(2)23(26)28-6)15-13-18-22(24(27)29-7)17-10-11-19-30-31(8,9)25(3,4)5/h14,18H,2,10-13,15-17,19H2,1,3-9H3/b20-14+,22-18-. The van der Waals surface area contributed by atoms with Gasteiger partial charge >= 0.3 is 11.9 Å². The van der Waals surface area contributed by atoms with E-state index in [1.165, 1.54) is 19.8 Å². The van der Waals surface area contributed by atoms with Crippen molar-refractivity contribution in [3.8, 4) is 0 Å². The molecule has 0 rings (SSSR count). The van der Waals surface area contributed by atoms with Gasteiger partial charge in [-0.05, 0) is 70.0 Å². The third kappa shape index (κ3) is 12.1. The Morgan fingerprint density at radius 2 is 1.48 bits per heavy atom. The average molecular weight is 453 g/mol. The van der Waals surface area contributed by atoms with Crippen LogP contribution in [0.3, 0.4) is 0 Å². The minimum absolute atomic E-state index is 0.210. The van der Waals surface area contributed by atoms with E-state index in [-0.39, 0.29) is 17.0 Å². The van der Waals surface area contributed by atoms with Gasteiger partial charge < -0.3 is 13.9 Å². The highest BCUT2D eigenvalue weighted by Crippen LogP contribution is 2.36. The fourth-order valence-corrected chi connectivity index (χ4v) is 3.78. The lowest BCUT2D eigenvalue weighted by Gasteiger charge is -2.36. The molecule has 0 radical (unpaired) electrons. The summed E-state index contributed by atoms with van der Waals surface area (Å²) in [5, 5.41) is 0.210. The molecule has 0 aliphatic carbocycles. The van der Waals surface area contributed by atoms with Gasteiger partial charge in [-0.3, -0.25) is 0 Å². The second-order valence-electron chi connectivity index (χ2n) is 9.51. The largest absolute Gasteiger partial charge is 0.466 e. The molecular formula is C25H44O5Si. The van der Waals surface area contributed by atoms with Gasteiger partial charge in [0.25, 0.3) is 0 Å². The molecule has 0 aliphatic heterocycles. The summed E-state index contributed by atoms with van der Waals surface area (Å²) >= 11 is 0. The summed E-state index contributed by atoms with van der Waals surface area (Å²) in [5.41, 5.74) is 2.44. The number of hydrogen-bond acceptors (Lipinski definition) is 5. The Labute approximate surface area is 191 Å². The molecule has 0 atom stereocenters. The summed E-state index contributed by atoms with van der Waals surface area (Å²) < 4.78 is 15.8. The molecular weight excluding hydrogens is 408 g/mol. The molecule has 0 aromatic rings. The second kappa shape index (κ2) is 14.4. The zero-order chi connectivity index (χ0) is 24.1. The van der Waals surface area contributed by atoms with E-state index in [1.807, 2.05) is 6.08 Å². The molecule has 5 nitrogen and oxygen atoms in total. The summed E-state index contributed by atoms with van der Waals surface area (Å²) in [4.78, 5) is 23.4. The lowest BCUT2D eigenvalue weighted by atomic mass is 10.0. The third-order valence-electron chi connectivity index (χ3n) is 5.90. The van der Waals surface area contributed by atoms with Gasteiger partial charge in [0, 0.05) is 17.8 Å². The topological polar surface area (TPSA) is 61.8 Å². The lowest BCUT2D eigenvalue weighted by Crippen LogP contribution is -2.40. The number of allylic oxidation sites excluding steroid dienone is 3. The summed E-state index contributed by atoms with van der Waals surface area (Å²) in [5.74, 6) is -0.604. The highest BCUT2D eigenvalue weighted by molar-refractivity contribution is 6.74. The van der Waals surface area contributed by atoms with Crippen molar-refractivity contribution in [2.45, 2.75) is 90.8 Å². The van der Waals surface area contributed by atoms with Crippen molar-refractivity contribution in [3.63, 3.8) is 0 Å². The molecule has 0 aromatic carbocycles. The maximum Gasteiger partial charge on any atom is 0.333 e. The minimum atomic E-state index is -1.71. The Hall–Kier alpha value is -1.66. The highest BCUT2D eigenvalue weighted by atomic mass is 28.4. The zero-order valence-electron chi connectivity index (χ0n) is 21.1. The van der Waals surface area contributed by atoms with E-state index in [9.17, 15) is 9.59 Å². The lowest BCUT2D eigenvalue weighted by molar-refractivity contribution is -0.137. The molecule has 0 aromatic heterocycles. The number of carbonyl (C=O) groups is 2. The number of esters is 2. The van der Waals surface area contributed by atoms with Crippen molar-refractivity contribution in [3.05, 3.63) is 35.5 Å². The van der Waals surface area contributed by atoms with Gasteiger partial charge in [-0.1, -0.05) is 45.1 Å². The molecule has 178 valence electrons. The van der Waals surface area contributed by atoms with E-state index >= 15 is 0 Å². The average Bonchev–Trinajstić information content (AvgIpc) is 2.69. The van der Waals surface area contributed by atoms with Crippen LogP contribution in [0, 0.1) is 0 Å². The van der Waals surface area contributed by atoms with Crippen LogP contribution in [0.2, 0.25) is 18.1 Å². The number of unbranched alkanes of at least 4 members (excludes halogenated alkanes) is 1. The monoisotopic (exact) mass is 452 g/mol. The van der Waals surface area contributed by atoms with Crippen molar-refractivity contribution in [1.82, 2.24) is 0 Å². The first-order chi connectivity index (χ1) is 14.4. The molecule has 0 amide bonds. The normalized spacial score (nSPS) is 13.2. The van der Waals surface area contributed by atoms with Gasteiger partial charge in [0.05, 0.1) is 14.2 Å². The number of methoxy groups -OCH3 is 2. The van der Waals surface area contributed by atoms with E-state index in [1.54, 1.807) is 0 Å². The van der Waals surface area contributed by atoms with Gasteiger partial charge in [-0.2, -0.15) is 0 Å². The molecule has 0 aliphatic rings. The van der Waals surface area contributed by atoms with Crippen LogP contribution in [0.15, 0.2) is 35.5 Å². The van der Waals surface area contributed by atoms with Crippen molar-refractivity contribution < 1.29 is 23.5 Å². The molecule has 6 heteroatoms. The molecule has 0 spiro atoms. The summed E-state index contributed by atoms with van der Waals surface area (Å²) in [6, 6.07) is 0. The summed E-state index contributed by atoms with van der Waals surface area (Å²) in [6.07, 6.45) is 9.62. The van der Waals surface area contributed by atoms with Crippen LogP contribution in [0.4, 0.5) is 0 Å². The number of carbonyl (C=O) groups excluding carboxylic acids is 2. The fourth-order valence-electron chi connectivity index (χ4n) is 2.70. The van der Waals surface area contributed by atoms with E-state index in [4.69, 9.17) is 9.16 Å². The fraction of sp³-hybridized carbons (Fsp3) is 0.680. The summed E-state index contributed by atoms with van der Waals surface area (Å²) in [7, 11) is 1.07. The molecule has 0 unspecified atom stereocenters. The number of rotatable bonds is 14. The summed E-state index contributed by atoms with van der Waals surface area (Å²) in [6.45, 7) is 17.8. The Balaban J connectivity index is 4.49. The maximum absolute atomic E-state index is 12.1. The van der Waals surface area contributed by atoms with Crippen LogP contribution in [-0.2, 0) is 23.5 Å². The zero-order valence-corrected chi connectivity index (χ0v) is 22.1. The van der Waals surface area contributed by atoms with Crippen molar-refractivity contribution >= 4 is 20.3 Å². The SMILES string of the molecule is C=C(CC/C=C(\C)CC/C=C(/CCCCO[Si](C)(C)C(C)(C)C)C(=O)OC)C(=O)OC. The Morgan fingerprint density at radius 1 is 0.903 bits per heavy atom. The highest BCUT2D eigenvalue weighted by Gasteiger charge is 2.36. The molecule has 0 heterocycles. The van der Waals surface area contributed by atoms with Crippen molar-refractivity contribution in [2.24, 2.45) is 0 Å². The first kappa shape index (κ1) is 29.3. The van der Waals surface area contributed by atoms with Crippen LogP contribution < -0.4 is 0 Å². The van der Waals surface area contributed by atoms with E-state index in [2.05, 4.69) is 58.2 Å². The van der Waals surface area contributed by atoms with Crippen molar-refractivity contribution in [1.29, 1.82) is 0 Å². The van der Waals surface area contributed by atoms with Gasteiger partial charge in [-0.15, -0.1) is 0 Å². The quantitative estimate of drug-likeness (QED) is 0.0987. The van der Waals surface area contributed by atoms with Gasteiger partial charge in [0.2, 0.25) is 0 Å². The van der Waals surface area contributed by atoms with Crippen LogP contribution in [0.25, 0.3) is 0 Å². The van der Waals surface area contributed by atoms with Crippen molar-refractivity contribution in [2.75, 3.05) is 20.8 Å². The van der Waals surface area contributed by atoms with E-state index < -0.39 is 8.32 Å². The van der Waals surface area contributed by atoms with Crippen LogP contribution in [0.1, 0.15) is 72.6 Å². The predicted molar refractivity (Wildman–Crippen MR) is 130 cm³/mol. The van der Waals surface area contributed by atoms with Crippen LogP contribution in [-0.4, -0.2) is 41.1 Å². The maximum atomic E-state index is 12.1. The number of ether oxygens (including phenoxy) is 2. The van der Waals surface area contributed by atoms with E-state index in [0.717, 1.165) is 44.3 Å². The first-order valence-corrected chi connectivity index (χ1v) is 14.1. The van der Waals surface area contributed by atoms with Gasteiger partial charge in [0.15, 0.2) is 8.32 Å². The third-order valence-corrected chi connectivity index (χ3v) is 10.4. The molecule has 0 saturated carbocycles. The second-order valence-corrected chi connectivity index (χ2v) is 14.3.